The number of carbonyl (C=O) groups is 1. The van der Waals surface area contributed by atoms with Gasteiger partial charge in [0.15, 0.2) is 0 Å². The Morgan fingerprint density at radius 3 is 2.67 bits per heavy atom. The van der Waals surface area contributed by atoms with Crippen LogP contribution >= 0.6 is 0 Å². The van der Waals surface area contributed by atoms with Crippen molar-refractivity contribution in [3.63, 3.8) is 0 Å². The van der Waals surface area contributed by atoms with Crippen molar-refractivity contribution in [3.8, 4) is 0 Å². The fourth-order valence-corrected chi connectivity index (χ4v) is 3.91. The number of aliphatic carboxylic acids is 1. The summed E-state index contributed by atoms with van der Waals surface area (Å²) in [4.78, 5) is 11.1. The Balaban J connectivity index is 2.08. The summed E-state index contributed by atoms with van der Waals surface area (Å²) in [6, 6.07) is 9.32. The predicted octanol–water partition coefficient (Wildman–Crippen LogP) is 1.16. The average molecular weight is 312 g/mol. The molecule has 0 bridgehead atoms. The molecule has 2 rings (SSSR count). The molecular formula is C14H20N2O4S. The Hall–Kier alpha value is -1.44. The minimum Gasteiger partial charge on any atom is -0.481 e. The highest BCUT2D eigenvalue weighted by Gasteiger charge is 2.34. The maximum absolute atomic E-state index is 12.5. The van der Waals surface area contributed by atoms with Crippen LogP contribution in [-0.2, 0) is 21.5 Å². The van der Waals surface area contributed by atoms with Crippen LogP contribution in [0.1, 0.15) is 18.4 Å². The van der Waals surface area contributed by atoms with Crippen LogP contribution in [0.15, 0.2) is 30.3 Å². The Kier molecular flexibility index (Phi) is 4.97. The van der Waals surface area contributed by atoms with E-state index in [1.807, 2.05) is 30.3 Å². The van der Waals surface area contributed by atoms with Crippen molar-refractivity contribution in [1.29, 1.82) is 0 Å². The van der Waals surface area contributed by atoms with Crippen LogP contribution in [0.3, 0.4) is 0 Å². The van der Waals surface area contributed by atoms with Gasteiger partial charge in [-0.1, -0.05) is 30.3 Å². The minimum atomic E-state index is -3.62. The van der Waals surface area contributed by atoms with Crippen LogP contribution < -0.4 is 0 Å². The van der Waals surface area contributed by atoms with Gasteiger partial charge in [-0.3, -0.25) is 4.79 Å². The first-order valence-electron chi connectivity index (χ1n) is 6.89. The quantitative estimate of drug-likeness (QED) is 0.885. The largest absolute Gasteiger partial charge is 0.481 e. The summed E-state index contributed by atoms with van der Waals surface area (Å²) < 4.78 is 27.6. The number of rotatable bonds is 5. The Morgan fingerprint density at radius 2 is 2.05 bits per heavy atom. The van der Waals surface area contributed by atoms with Gasteiger partial charge in [-0.2, -0.15) is 17.0 Å². The molecule has 0 unspecified atom stereocenters. The van der Waals surface area contributed by atoms with Crippen molar-refractivity contribution in [3.05, 3.63) is 35.9 Å². The van der Waals surface area contributed by atoms with Crippen LogP contribution in [0.4, 0.5) is 0 Å². The van der Waals surface area contributed by atoms with Gasteiger partial charge in [0, 0.05) is 26.7 Å². The molecule has 0 aliphatic carbocycles. The minimum absolute atomic E-state index is 0.0524. The Bertz CT molecular complexity index is 588. The number of carboxylic acid groups (broad SMARTS) is 1. The van der Waals surface area contributed by atoms with Crippen molar-refractivity contribution in [2.75, 3.05) is 20.1 Å². The van der Waals surface area contributed by atoms with E-state index in [9.17, 15) is 13.2 Å². The molecule has 1 aliphatic rings. The van der Waals surface area contributed by atoms with Crippen LogP contribution in [-0.4, -0.2) is 48.2 Å². The third-order valence-corrected chi connectivity index (χ3v) is 5.60. The molecule has 1 aromatic carbocycles. The highest BCUT2D eigenvalue weighted by molar-refractivity contribution is 7.86. The van der Waals surface area contributed by atoms with Gasteiger partial charge in [-0.05, 0) is 18.4 Å². The second-order valence-electron chi connectivity index (χ2n) is 5.28. The lowest BCUT2D eigenvalue weighted by Gasteiger charge is -2.32. The summed E-state index contributed by atoms with van der Waals surface area (Å²) in [6.07, 6.45) is 1.11. The molecule has 7 heteroatoms. The lowest BCUT2D eigenvalue weighted by Crippen LogP contribution is -2.47. The zero-order chi connectivity index (χ0) is 15.5. The molecule has 0 amide bonds. The average Bonchev–Trinajstić information content (AvgIpc) is 2.48. The van der Waals surface area contributed by atoms with Gasteiger partial charge < -0.3 is 5.11 Å². The van der Waals surface area contributed by atoms with E-state index in [0.29, 0.717) is 19.4 Å². The maximum atomic E-state index is 12.5. The predicted molar refractivity (Wildman–Crippen MR) is 78.8 cm³/mol. The number of nitrogens with zero attached hydrogens (tertiary/aromatic N) is 2. The van der Waals surface area contributed by atoms with E-state index in [-0.39, 0.29) is 13.1 Å². The number of carboxylic acids is 1. The molecule has 6 nitrogen and oxygen atoms in total. The molecule has 0 radical (unpaired) electrons. The molecule has 1 fully saturated rings. The van der Waals surface area contributed by atoms with Gasteiger partial charge in [0.2, 0.25) is 0 Å². The maximum Gasteiger partial charge on any atom is 0.307 e. The van der Waals surface area contributed by atoms with E-state index in [1.165, 1.54) is 15.7 Å². The van der Waals surface area contributed by atoms with Crippen molar-refractivity contribution in [2.45, 2.75) is 19.4 Å². The third-order valence-electron chi connectivity index (χ3n) is 3.70. The first-order chi connectivity index (χ1) is 9.91. The van der Waals surface area contributed by atoms with Gasteiger partial charge in [-0.15, -0.1) is 0 Å². The van der Waals surface area contributed by atoms with Gasteiger partial charge in [-0.25, -0.2) is 0 Å². The van der Waals surface area contributed by atoms with Crippen LogP contribution in [0.5, 0.6) is 0 Å². The highest BCUT2D eigenvalue weighted by Crippen LogP contribution is 2.21. The zero-order valence-electron chi connectivity index (χ0n) is 12.0. The number of benzene rings is 1. The molecule has 0 aromatic heterocycles. The van der Waals surface area contributed by atoms with Gasteiger partial charge in [0.25, 0.3) is 10.2 Å². The fourth-order valence-electron chi connectivity index (χ4n) is 2.47. The monoisotopic (exact) mass is 312 g/mol. The molecule has 1 saturated heterocycles. The molecule has 1 N–H and O–H groups in total. The summed E-state index contributed by atoms with van der Waals surface area (Å²) in [6.45, 7) is 0.708. The summed E-state index contributed by atoms with van der Waals surface area (Å²) in [5.74, 6) is -1.54. The van der Waals surface area contributed by atoms with Gasteiger partial charge >= 0.3 is 5.97 Å². The lowest BCUT2D eigenvalue weighted by molar-refractivity contribution is -0.142. The molecule has 0 spiro atoms. The molecule has 1 atom stereocenters. The number of hydrogen-bond acceptors (Lipinski definition) is 3. The molecule has 1 heterocycles. The van der Waals surface area contributed by atoms with E-state index in [4.69, 9.17) is 5.11 Å². The van der Waals surface area contributed by atoms with E-state index in [0.717, 1.165) is 5.56 Å². The molecule has 1 aromatic rings. The number of piperidine rings is 1. The molecular weight excluding hydrogens is 292 g/mol. The second kappa shape index (κ2) is 6.55. The fraction of sp³-hybridized carbons (Fsp3) is 0.500. The molecule has 1 aliphatic heterocycles. The van der Waals surface area contributed by atoms with E-state index < -0.39 is 22.1 Å². The van der Waals surface area contributed by atoms with Crippen LogP contribution in [0, 0.1) is 5.92 Å². The SMILES string of the molecule is CN(Cc1ccccc1)S(=O)(=O)N1CCC[C@H](C(=O)O)C1. The normalized spacial score (nSPS) is 20.6. The van der Waals surface area contributed by atoms with E-state index in [1.54, 1.807) is 0 Å². The second-order valence-corrected chi connectivity index (χ2v) is 7.32. The Morgan fingerprint density at radius 1 is 1.38 bits per heavy atom. The summed E-state index contributed by atoms with van der Waals surface area (Å²) in [7, 11) is -2.10. The standard InChI is InChI=1S/C14H20N2O4S/c1-15(10-12-6-3-2-4-7-12)21(19,20)16-9-5-8-13(11-16)14(17)18/h2-4,6-7,13H,5,8-11H2,1H3,(H,17,18)/t13-/m0/s1. The van der Waals surface area contributed by atoms with Crippen molar-refractivity contribution in [2.24, 2.45) is 5.92 Å². The van der Waals surface area contributed by atoms with Crippen molar-refractivity contribution >= 4 is 16.2 Å². The summed E-state index contributed by atoms with van der Waals surface area (Å²) in [5.41, 5.74) is 0.898. The van der Waals surface area contributed by atoms with Gasteiger partial charge in [0.05, 0.1) is 5.92 Å². The zero-order valence-corrected chi connectivity index (χ0v) is 12.8. The lowest BCUT2D eigenvalue weighted by atomic mass is 10.0. The molecule has 21 heavy (non-hydrogen) atoms. The molecule has 116 valence electrons. The van der Waals surface area contributed by atoms with Crippen LogP contribution in [0.2, 0.25) is 0 Å². The van der Waals surface area contributed by atoms with E-state index in [2.05, 4.69) is 0 Å². The van der Waals surface area contributed by atoms with Crippen molar-refractivity contribution < 1.29 is 18.3 Å². The van der Waals surface area contributed by atoms with Crippen molar-refractivity contribution in [1.82, 2.24) is 8.61 Å². The first-order valence-corrected chi connectivity index (χ1v) is 8.29. The van der Waals surface area contributed by atoms with E-state index >= 15 is 0 Å². The molecule has 0 saturated carbocycles. The first kappa shape index (κ1) is 15.9. The number of hydrogen-bond donors (Lipinski definition) is 1. The smallest absolute Gasteiger partial charge is 0.307 e. The summed E-state index contributed by atoms with van der Waals surface area (Å²) >= 11 is 0. The Labute approximate surface area is 125 Å². The third kappa shape index (κ3) is 3.81. The van der Waals surface area contributed by atoms with Gasteiger partial charge in [0.1, 0.15) is 0 Å². The van der Waals surface area contributed by atoms with Crippen LogP contribution in [0.25, 0.3) is 0 Å². The highest BCUT2D eigenvalue weighted by atomic mass is 32.2. The summed E-state index contributed by atoms with van der Waals surface area (Å²) in [5, 5.41) is 9.06. The topological polar surface area (TPSA) is 77.9 Å².